The summed E-state index contributed by atoms with van der Waals surface area (Å²) in [6.07, 6.45) is 3.52. The molecule has 0 bridgehead atoms. The van der Waals surface area contributed by atoms with Gasteiger partial charge in [-0.25, -0.2) is 4.79 Å². The van der Waals surface area contributed by atoms with E-state index in [1.54, 1.807) is 24.5 Å². The zero-order valence-corrected chi connectivity index (χ0v) is 12.1. The first-order chi connectivity index (χ1) is 11.2. The number of carboxylic acids is 1. The number of benzene rings is 2. The summed E-state index contributed by atoms with van der Waals surface area (Å²) in [4.78, 5) is 19.9. The summed E-state index contributed by atoms with van der Waals surface area (Å²) in [6.45, 7) is 0. The minimum atomic E-state index is -0.925. The number of hydrogen-bond acceptors (Lipinski definition) is 3. The van der Waals surface area contributed by atoms with E-state index in [9.17, 15) is 4.79 Å². The zero-order valence-electron chi connectivity index (χ0n) is 12.1. The lowest BCUT2D eigenvalue weighted by Crippen LogP contribution is -1.95. The van der Waals surface area contributed by atoms with E-state index < -0.39 is 5.97 Å². The fourth-order valence-electron chi connectivity index (χ4n) is 2.81. The first kappa shape index (κ1) is 13.4. The van der Waals surface area contributed by atoms with Crippen LogP contribution >= 0.6 is 0 Å². The minimum Gasteiger partial charge on any atom is -0.478 e. The normalized spacial score (nSPS) is 11.0. The molecule has 0 saturated carbocycles. The Morgan fingerprint density at radius 3 is 2.30 bits per heavy atom. The summed E-state index contributed by atoms with van der Waals surface area (Å²) in [5.74, 6) is -0.925. The average Bonchev–Trinajstić information content (AvgIpc) is 2.61. The van der Waals surface area contributed by atoms with Crippen LogP contribution in [0.1, 0.15) is 10.4 Å². The van der Waals surface area contributed by atoms with Crippen LogP contribution in [-0.4, -0.2) is 21.0 Å². The molecule has 0 amide bonds. The standard InChI is InChI=1S/C19H12N2O2/c22-19(23)13-7-5-12(6-8-13)16-11-14-3-1-9-20-17(14)18-15(16)4-2-10-21-18/h1-11H,(H,22,23). The van der Waals surface area contributed by atoms with Crippen LogP contribution in [0.25, 0.3) is 32.9 Å². The van der Waals surface area contributed by atoms with E-state index in [4.69, 9.17) is 5.11 Å². The summed E-state index contributed by atoms with van der Waals surface area (Å²) in [5.41, 5.74) is 3.97. The summed E-state index contributed by atoms with van der Waals surface area (Å²) in [5, 5.41) is 11.1. The fraction of sp³-hybridized carbons (Fsp3) is 0. The Hall–Kier alpha value is -3.27. The third-order valence-electron chi connectivity index (χ3n) is 3.90. The van der Waals surface area contributed by atoms with Crippen LogP contribution in [-0.2, 0) is 0 Å². The van der Waals surface area contributed by atoms with E-state index in [1.165, 1.54) is 0 Å². The van der Waals surface area contributed by atoms with Crippen LogP contribution in [0.15, 0.2) is 67.0 Å². The highest BCUT2D eigenvalue weighted by atomic mass is 16.4. The van der Waals surface area contributed by atoms with Crippen molar-refractivity contribution in [1.29, 1.82) is 0 Å². The predicted molar refractivity (Wildman–Crippen MR) is 89.4 cm³/mol. The molecular formula is C19H12N2O2. The van der Waals surface area contributed by atoms with E-state index in [0.29, 0.717) is 0 Å². The Bertz CT molecular complexity index is 1040. The van der Waals surface area contributed by atoms with E-state index in [-0.39, 0.29) is 5.56 Å². The SMILES string of the molecule is O=C(O)c1ccc(-c2cc3cccnc3c3ncccc23)cc1. The molecule has 0 aliphatic carbocycles. The quantitative estimate of drug-likeness (QED) is 0.565. The average molecular weight is 300 g/mol. The van der Waals surface area contributed by atoms with Gasteiger partial charge in [0.1, 0.15) is 0 Å². The Labute approximate surface area is 132 Å². The molecule has 23 heavy (non-hydrogen) atoms. The van der Waals surface area contributed by atoms with E-state index >= 15 is 0 Å². The molecule has 1 N–H and O–H groups in total. The molecular weight excluding hydrogens is 288 g/mol. The summed E-state index contributed by atoms with van der Waals surface area (Å²) >= 11 is 0. The second-order valence-electron chi connectivity index (χ2n) is 5.28. The lowest BCUT2D eigenvalue weighted by molar-refractivity contribution is 0.0697. The first-order valence-electron chi connectivity index (χ1n) is 7.20. The molecule has 4 nitrogen and oxygen atoms in total. The molecule has 0 saturated heterocycles. The fourth-order valence-corrected chi connectivity index (χ4v) is 2.81. The molecule has 2 heterocycles. The number of rotatable bonds is 2. The monoisotopic (exact) mass is 300 g/mol. The summed E-state index contributed by atoms with van der Waals surface area (Å²) in [6, 6.07) is 16.8. The Balaban J connectivity index is 2.03. The molecule has 110 valence electrons. The number of pyridine rings is 2. The lowest BCUT2D eigenvalue weighted by Gasteiger charge is -2.09. The summed E-state index contributed by atoms with van der Waals surface area (Å²) < 4.78 is 0. The van der Waals surface area contributed by atoms with Crippen LogP contribution in [0.2, 0.25) is 0 Å². The van der Waals surface area contributed by atoms with Gasteiger partial charge in [-0.1, -0.05) is 24.3 Å². The van der Waals surface area contributed by atoms with E-state index in [1.807, 2.05) is 36.4 Å². The van der Waals surface area contributed by atoms with Gasteiger partial charge in [0.25, 0.3) is 0 Å². The van der Waals surface area contributed by atoms with Crippen molar-refractivity contribution in [2.24, 2.45) is 0 Å². The molecule has 0 spiro atoms. The second-order valence-corrected chi connectivity index (χ2v) is 5.28. The van der Waals surface area contributed by atoms with Gasteiger partial charge in [-0.3, -0.25) is 9.97 Å². The third-order valence-corrected chi connectivity index (χ3v) is 3.90. The van der Waals surface area contributed by atoms with E-state index in [0.717, 1.165) is 32.9 Å². The number of carbonyl (C=O) groups is 1. The molecule has 4 rings (SSSR count). The van der Waals surface area contributed by atoms with Gasteiger partial charge >= 0.3 is 5.97 Å². The molecule has 0 radical (unpaired) electrons. The van der Waals surface area contributed by atoms with Gasteiger partial charge in [-0.15, -0.1) is 0 Å². The first-order valence-corrected chi connectivity index (χ1v) is 7.20. The second kappa shape index (κ2) is 5.18. The summed E-state index contributed by atoms with van der Waals surface area (Å²) in [7, 11) is 0. The number of aromatic nitrogens is 2. The van der Waals surface area contributed by atoms with Crippen molar-refractivity contribution in [3.63, 3.8) is 0 Å². The molecule has 4 aromatic rings. The number of carboxylic acid groups (broad SMARTS) is 1. The Morgan fingerprint density at radius 2 is 1.57 bits per heavy atom. The highest BCUT2D eigenvalue weighted by Gasteiger charge is 2.10. The Kier molecular flexibility index (Phi) is 3.01. The number of nitrogens with zero attached hydrogens (tertiary/aromatic N) is 2. The van der Waals surface area contributed by atoms with Gasteiger partial charge in [-0.2, -0.15) is 0 Å². The van der Waals surface area contributed by atoms with Crippen molar-refractivity contribution < 1.29 is 9.90 Å². The molecule has 0 fully saturated rings. The minimum absolute atomic E-state index is 0.277. The van der Waals surface area contributed by atoms with Crippen molar-refractivity contribution in [2.45, 2.75) is 0 Å². The van der Waals surface area contributed by atoms with Crippen molar-refractivity contribution in [1.82, 2.24) is 9.97 Å². The van der Waals surface area contributed by atoms with Crippen LogP contribution in [0, 0.1) is 0 Å². The van der Waals surface area contributed by atoms with Gasteiger partial charge < -0.3 is 5.11 Å². The van der Waals surface area contributed by atoms with E-state index in [2.05, 4.69) is 16.0 Å². The van der Waals surface area contributed by atoms with Gasteiger partial charge in [0.2, 0.25) is 0 Å². The highest BCUT2D eigenvalue weighted by Crippen LogP contribution is 2.32. The molecule has 0 aliphatic rings. The number of hydrogen-bond donors (Lipinski definition) is 1. The molecule has 0 unspecified atom stereocenters. The zero-order chi connectivity index (χ0) is 15.8. The van der Waals surface area contributed by atoms with Crippen molar-refractivity contribution >= 4 is 27.8 Å². The maximum Gasteiger partial charge on any atom is 0.335 e. The third kappa shape index (κ3) is 2.21. The molecule has 2 aromatic carbocycles. The maximum absolute atomic E-state index is 11.0. The highest BCUT2D eigenvalue weighted by molar-refractivity contribution is 6.10. The van der Waals surface area contributed by atoms with Crippen molar-refractivity contribution in [3.05, 3.63) is 72.6 Å². The van der Waals surface area contributed by atoms with Crippen LogP contribution < -0.4 is 0 Å². The largest absolute Gasteiger partial charge is 0.478 e. The lowest BCUT2D eigenvalue weighted by atomic mass is 9.97. The van der Waals surface area contributed by atoms with Crippen LogP contribution in [0.3, 0.4) is 0 Å². The van der Waals surface area contributed by atoms with Gasteiger partial charge in [0, 0.05) is 23.2 Å². The van der Waals surface area contributed by atoms with Crippen molar-refractivity contribution in [3.8, 4) is 11.1 Å². The maximum atomic E-state index is 11.0. The number of aromatic carboxylic acids is 1. The molecule has 0 atom stereocenters. The van der Waals surface area contributed by atoms with Crippen LogP contribution in [0.5, 0.6) is 0 Å². The smallest absolute Gasteiger partial charge is 0.335 e. The van der Waals surface area contributed by atoms with Crippen molar-refractivity contribution in [2.75, 3.05) is 0 Å². The topological polar surface area (TPSA) is 63.1 Å². The van der Waals surface area contributed by atoms with Gasteiger partial charge in [0.15, 0.2) is 0 Å². The molecule has 0 aliphatic heterocycles. The van der Waals surface area contributed by atoms with Gasteiger partial charge in [-0.05, 0) is 41.5 Å². The molecule has 4 heteroatoms. The Morgan fingerprint density at radius 1 is 0.870 bits per heavy atom. The van der Waals surface area contributed by atoms with Gasteiger partial charge in [0.05, 0.1) is 16.6 Å². The number of fused-ring (bicyclic) bond motifs is 3. The predicted octanol–water partition coefficient (Wildman–Crippen LogP) is 4.15. The molecule has 2 aromatic heterocycles. The van der Waals surface area contributed by atoms with Crippen LogP contribution in [0.4, 0.5) is 0 Å².